The summed E-state index contributed by atoms with van der Waals surface area (Å²) in [7, 11) is 0. The molecule has 0 aliphatic carbocycles. The zero-order valence-corrected chi connectivity index (χ0v) is 42.7. The summed E-state index contributed by atoms with van der Waals surface area (Å²) in [5.41, 5.74) is 0. The van der Waals surface area contributed by atoms with Gasteiger partial charge in [-0.1, -0.05) is 321 Å². The molecule has 2 unspecified atom stereocenters. The lowest BCUT2D eigenvalue weighted by Gasteiger charge is -2.20. The van der Waals surface area contributed by atoms with Gasteiger partial charge in [0.05, 0.1) is 18.8 Å². The molecule has 3 N–H and O–H groups in total. The van der Waals surface area contributed by atoms with Gasteiger partial charge in [-0.3, -0.25) is 4.79 Å². The molecule has 0 aromatic heterocycles. The molecule has 0 rings (SSSR count). The average Bonchev–Trinajstić information content (AvgIpc) is 3.28. The third-order valence-corrected chi connectivity index (χ3v) is 13.8. The van der Waals surface area contributed by atoms with Crippen LogP contribution in [0.25, 0.3) is 0 Å². The Morgan fingerprint density at radius 3 is 0.839 bits per heavy atom. The fraction of sp³-hybridized carbons (Fsp3) is 0.948. The van der Waals surface area contributed by atoms with E-state index >= 15 is 0 Å². The zero-order chi connectivity index (χ0) is 44.9. The zero-order valence-electron chi connectivity index (χ0n) is 42.7. The van der Waals surface area contributed by atoms with Crippen LogP contribution in [0.2, 0.25) is 0 Å². The Morgan fingerprint density at radius 2 is 0.597 bits per heavy atom. The van der Waals surface area contributed by atoms with Gasteiger partial charge in [0.2, 0.25) is 5.91 Å². The third kappa shape index (κ3) is 50.1. The molecule has 0 bridgehead atoms. The van der Waals surface area contributed by atoms with Crippen LogP contribution < -0.4 is 5.32 Å². The summed E-state index contributed by atoms with van der Waals surface area (Å²) in [5.74, 6) is -0.0552. The molecule has 4 nitrogen and oxygen atoms in total. The van der Waals surface area contributed by atoms with E-state index < -0.39 is 12.1 Å². The molecule has 4 heteroatoms. The highest BCUT2D eigenvalue weighted by atomic mass is 16.3. The third-order valence-electron chi connectivity index (χ3n) is 13.8. The fourth-order valence-electron chi connectivity index (χ4n) is 9.36. The first-order chi connectivity index (χ1) is 30.7. The number of carbonyl (C=O) groups excluding carboxylic acids is 1. The van der Waals surface area contributed by atoms with Crippen LogP contribution in [0.4, 0.5) is 0 Å². The number of nitrogens with one attached hydrogen (secondary N) is 1. The maximum Gasteiger partial charge on any atom is 0.220 e. The first-order valence-electron chi connectivity index (χ1n) is 28.9. The summed E-state index contributed by atoms with van der Waals surface area (Å²) in [6, 6.07) is -0.618. The van der Waals surface area contributed by atoms with Gasteiger partial charge in [-0.05, 0) is 19.3 Å². The number of carbonyl (C=O) groups is 1. The average molecular weight is 875 g/mol. The highest BCUT2D eigenvalue weighted by Gasteiger charge is 2.18. The number of amides is 1. The van der Waals surface area contributed by atoms with Crippen LogP contribution >= 0.6 is 0 Å². The number of hydrogen-bond acceptors (Lipinski definition) is 3. The second-order valence-corrected chi connectivity index (χ2v) is 20.1. The van der Waals surface area contributed by atoms with Crippen molar-refractivity contribution < 1.29 is 15.0 Å². The monoisotopic (exact) mass is 874 g/mol. The number of rotatable bonds is 54. The molecule has 370 valence electrons. The normalized spacial score (nSPS) is 12.8. The molecule has 0 saturated carbocycles. The van der Waals surface area contributed by atoms with Gasteiger partial charge in [0.15, 0.2) is 0 Å². The van der Waals surface area contributed by atoms with Crippen molar-refractivity contribution in [2.45, 2.75) is 347 Å². The predicted molar refractivity (Wildman–Crippen MR) is 276 cm³/mol. The van der Waals surface area contributed by atoms with E-state index in [0.29, 0.717) is 6.42 Å². The molecule has 0 spiro atoms. The van der Waals surface area contributed by atoms with E-state index in [9.17, 15) is 15.0 Å². The molecule has 0 aliphatic rings. The van der Waals surface area contributed by atoms with Crippen molar-refractivity contribution in [2.24, 2.45) is 0 Å². The second kappa shape index (κ2) is 54.5. The lowest BCUT2D eigenvalue weighted by Crippen LogP contribution is -2.45. The van der Waals surface area contributed by atoms with Gasteiger partial charge < -0.3 is 15.5 Å². The molecule has 0 heterocycles. The van der Waals surface area contributed by atoms with Crippen molar-refractivity contribution in [2.75, 3.05) is 6.61 Å². The molecule has 0 aliphatic heterocycles. The second-order valence-electron chi connectivity index (χ2n) is 20.1. The van der Waals surface area contributed by atoms with E-state index in [1.54, 1.807) is 6.08 Å². The number of aliphatic hydroxyl groups excluding tert-OH is 2. The highest BCUT2D eigenvalue weighted by molar-refractivity contribution is 5.76. The van der Waals surface area contributed by atoms with Crippen LogP contribution in [0, 0.1) is 0 Å². The van der Waals surface area contributed by atoms with E-state index in [1.807, 2.05) is 6.08 Å². The van der Waals surface area contributed by atoms with E-state index in [1.165, 1.54) is 289 Å². The minimum atomic E-state index is -0.836. The van der Waals surface area contributed by atoms with Crippen molar-refractivity contribution in [3.05, 3.63) is 12.2 Å². The molecule has 0 saturated heterocycles. The topological polar surface area (TPSA) is 69.6 Å². The van der Waals surface area contributed by atoms with Gasteiger partial charge in [-0.2, -0.15) is 0 Å². The first-order valence-corrected chi connectivity index (χ1v) is 28.9. The van der Waals surface area contributed by atoms with Gasteiger partial charge in [-0.15, -0.1) is 0 Å². The van der Waals surface area contributed by atoms with Crippen LogP contribution in [0.15, 0.2) is 12.2 Å². The van der Waals surface area contributed by atoms with Crippen LogP contribution in [-0.2, 0) is 4.79 Å². The maximum absolute atomic E-state index is 12.5. The molecular formula is C58H115NO3. The minimum Gasteiger partial charge on any atom is -0.394 e. The smallest absolute Gasteiger partial charge is 0.220 e. The van der Waals surface area contributed by atoms with Gasteiger partial charge >= 0.3 is 0 Å². The van der Waals surface area contributed by atoms with Crippen molar-refractivity contribution in [1.82, 2.24) is 5.32 Å². The Bertz CT molecular complexity index is 860. The van der Waals surface area contributed by atoms with Crippen molar-refractivity contribution in [3.8, 4) is 0 Å². The Hall–Kier alpha value is -0.870. The maximum atomic E-state index is 12.5. The molecule has 0 fully saturated rings. The molecule has 0 aromatic carbocycles. The summed E-state index contributed by atoms with van der Waals surface area (Å²) in [4.78, 5) is 12.5. The van der Waals surface area contributed by atoms with E-state index in [2.05, 4.69) is 19.2 Å². The summed E-state index contributed by atoms with van der Waals surface area (Å²) >= 11 is 0. The van der Waals surface area contributed by atoms with Gasteiger partial charge in [0, 0.05) is 6.42 Å². The van der Waals surface area contributed by atoms with Crippen molar-refractivity contribution in [3.63, 3.8) is 0 Å². The lowest BCUT2D eigenvalue weighted by atomic mass is 10.0. The van der Waals surface area contributed by atoms with Crippen LogP contribution in [0.3, 0.4) is 0 Å². The summed E-state index contributed by atoms with van der Waals surface area (Å²) in [5, 5.41) is 23.2. The van der Waals surface area contributed by atoms with E-state index in [4.69, 9.17) is 0 Å². The summed E-state index contributed by atoms with van der Waals surface area (Å²) in [6.07, 6.45) is 71.0. The quantitative estimate of drug-likeness (QED) is 0.0421. The van der Waals surface area contributed by atoms with Crippen LogP contribution in [-0.4, -0.2) is 34.9 Å². The molecule has 0 aromatic rings. The van der Waals surface area contributed by atoms with Gasteiger partial charge in [-0.25, -0.2) is 0 Å². The Kier molecular flexibility index (Phi) is 53.7. The first kappa shape index (κ1) is 61.1. The van der Waals surface area contributed by atoms with Crippen LogP contribution in [0.5, 0.6) is 0 Å². The molecule has 1 amide bonds. The Morgan fingerprint density at radius 1 is 0.371 bits per heavy atom. The molecule has 2 atom stereocenters. The van der Waals surface area contributed by atoms with E-state index in [0.717, 1.165) is 25.7 Å². The van der Waals surface area contributed by atoms with Crippen molar-refractivity contribution >= 4 is 5.91 Å². The number of aliphatic hydroxyl groups is 2. The molecule has 0 radical (unpaired) electrons. The van der Waals surface area contributed by atoms with E-state index in [-0.39, 0.29) is 12.5 Å². The molecule has 62 heavy (non-hydrogen) atoms. The summed E-state index contributed by atoms with van der Waals surface area (Å²) < 4.78 is 0. The summed E-state index contributed by atoms with van der Waals surface area (Å²) in [6.45, 7) is 4.36. The number of hydrogen-bond donors (Lipinski definition) is 3. The van der Waals surface area contributed by atoms with Crippen molar-refractivity contribution in [1.29, 1.82) is 0 Å². The predicted octanol–water partition coefficient (Wildman–Crippen LogP) is 18.9. The Balaban J connectivity index is 3.44. The number of unbranched alkanes of at least 4 members (excludes halogenated alkanes) is 47. The lowest BCUT2D eigenvalue weighted by molar-refractivity contribution is -0.123. The fourth-order valence-corrected chi connectivity index (χ4v) is 9.36. The SMILES string of the molecule is CCCCCCCCCCCCCCCCCCCCCCCCC/C=C/C(O)C(CO)NC(=O)CCCCCCCCCCCCCCCCCCCCCCCCCCC. The van der Waals surface area contributed by atoms with Gasteiger partial charge in [0.1, 0.15) is 0 Å². The number of allylic oxidation sites excluding steroid dienone is 1. The van der Waals surface area contributed by atoms with Crippen LogP contribution in [0.1, 0.15) is 335 Å². The highest BCUT2D eigenvalue weighted by Crippen LogP contribution is 2.18. The molecular weight excluding hydrogens is 759 g/mol. The standard InChI is InChI=1S/C58H115NO3/c1-3-5-7-9-11-13-15-17-19-21-23-25-27-29-31-33-35-37-39-41-43-45-47-49-51-53-57(61)56(55-60)59-58(62)54-52-50-48-46-44-42-40-38-36-34-32-30-28-26-24-22-20-18-16-14-12-10-8-6-4-2/h51,53,56-57,60-61H,3-50,52,54-55H2,1-2H3,(H,59,62)/b53-51+. The largest absolute Gasteiger partial charge is 0.394 e. The van der Waals surface area contributed by atoms with Gasteiger partial charge in [0.25, 0.3) is 0 Å². The minimum absolute atomic E-state index is 0.0552. The Labute approximate surface area is 390 Å².